The Bertz CT molecular complexity index is 841. The van der Waals surface area contributed by atoms with Gasteiger partial charge in [-0.2, -0.15) is 5.26 Å². The highest BCUT2D eigenvalue weighted by atomic mass is 16.5. The second kappa shape index (κ2) is 7.81. The maximum absolute atomic E-state index is 11.3. The number of carbonyl (C=O) groups is 1. The number of nitrogens with zero attached hydrogens (tertiary/aromatic N) is 1. The lowest BCUT2D eigenvalue weighted by Gasteiger charge is -2.12. The van der Waals surface area contributed by atoms with Crippen LogP contribution < -0.4 is 0 Å². The average Bonchev–Trinajstić information content (AvgIpc) is 3.50. The summed E-state index contributed by atoms with van der Waals surface area (Å²) in [5, 5.41) is 9.33. The zero-order valence-electron chi connectivity index (χ0n) is 14.4. The summed E-state index contributed by atoms with van der Waals surface area (Å²) in [6.07, 6.45) is 6.34. The van der Waals surface area contributed by atoms with Gasteiger partial charge in [0.1, 0.15) is 12.9 Å². The van der Waals surface area contributed by atoms with E-state index in [1.807, 2.05) is 36.4 Å². The predicted molar refractivity (Wildman–Crippen MR) is 97.9 cm³/mol. The van der Waals surface area contributed by atoms with Crippen molar-refractivity contribution < 1.29 is 9.53 Å². The molecule has 0 radical (unpaired) electrons. The number of rotatable bonds is 7. The van der Waals surface area contributed by atoms with Crippen molar-refractivity contribution in [1.29, 1.82) is 5.26 Å². The normalized spacial score (nSPS) is 14.0. The van der Waals surface area contributed by atoms with Crippen LogP contribution in [0.3, 0.4) is 0 Å². The molecule has 2 aromatic rings. The molecule has 25 heavy (non-hydrogen) atoms. The third-order valence-electron chi connectivity index (χ3n) is 4.30. The Morgan fingerprint density at radius 1 is 1.28 bits per heavy atom. The van der Waals surface area contributed by atoms with E-state index >= 15 is 0 Å². The van der Waals surface area contributed by atoms with E-state index in [4.69, 9.17) is 4.74 Å². The number of benzene rings is 2. The van der Waals surface area contributed by atoms with Gasteiger partial charge in [-0.3, -0.25) is 4.79 Å². The van der Waals surface area contributed by atoms with Gasteiger partial charge in [0, 0.05) is 11.5 Å². The second-order valence-electron chi connectivity index (χ2n) is 6.32. The van der Waals surface area contributed by atoms with Crippen LogP contribution >= 0.6 is 0 Å². The Kier molecular flexibility index (Phi) is 5.30. The summed E-state index contributed by atoms with van der Waals surface area (Å²) in [7, 11) is 0. The number of ether oxygens (including phenoxy) is 1. The first-order chi connectivity index (χ1) is 12.2. The Morgan fingerprint density at radius 3 is 2.76 bits per heavy atom. The standard InChI is InChI=1S/C22H21NO2/c1-2-5-22(18-8-9-18)25-15-17-10-16(14-24)11-20(12-17)21-7-4-3-6-19(21)13-23/h3-7,10-12,14,18H,2,8-9,15H2,1H3/b22-5-. The molecule has 0 bridgehead atoms. The van der Waals surface area contributed by atoms with Gasteiger partial charge in [0.05, 0.1) is 17.4 Å². The van der Waals surface area contributed by atoms with Crippen molar-refractivity contribution >= 4 is 6.29 Å². The molecule has 0 aliphatic heterocycles. The third kappa shape index (κ3) is 4.16. The summed E-state index contributed by atoms with van der Waals surface area (Å²) in [5.74, 6) is 1.63. The molecule has 2 aromatic carbocycles. The average molecular weight is 331 g/mol. The van der Waals surface area contributed by atoms with Gasteiger partial charge in [-0.15, -0.1) is 0 Å². The maximum Gasteiger partial charge on any atom is 0.150 e. The van der Waals surface area contributed by atoms with E-state index in [0.717, 1.165) is 35.2 Å². The molecule has 1 aliphatic carbocycles. The molecule has 126 valence electrons. The minimum atomic E-state index is 0.436. The summed E-state index contributed by atoms with van der Waals surface area (Å²) in [6, 6.07) is 15.3. The molecular weight excluding hydrogens is 310 g/mol. The zero-order valence-corrected chi connectivity index (χ0v) is 14.4. The quantitative estimate of drug-likeness (QED) is 0.514. The molecule has 0 spiro atoms. The van der Waals surface area contributed by atoms with E-state index in [1.165, 1.54) is 12.8 Å². The van der Waals surface area contributed by atoms with Crippen molar-refractivity contribution in [2.45, 2.75) is 32.8 Å². The first-order valence-corrected chi connectivity index (χ1v) is 8.66. The zero-order chi connectivity index (χ0) is 17.6. The largest absolute Gasteiger partial charge is 0.493 e. The lowest BCUT2D eigenvalue weighted by Crippen LogP contribution is -1.98. The molecule has 0 atom stereocenters. The van der Waals surface area contributed by atoms with Crippen LogP contribution in [-0.2, 0) is 11.3 Å². The number of nitriles is 1. The molecule has 3 heteroatoms. The van der Waals surface area contributed by atoms with Crippen molar-refractivity contribution in [3.05, 3.63) is 71.0 Å². The summed E-state index contributed by atoms with van der Waals surface area (Å²) in [6.45, 7) is 2.54. The highest BCUT2D eigenvalue weighted by Crippen LogP contribution is 2.37. The Labute approximate surface area is 148 Å². The van der Waals surface area contributed by atoms with Gasteiger partial charge in [-0.25, -0.2) is 0 Å². The molecule has 0 aromatic heterocycles. The van der Waals surface area contributed by atoms with Crippen LogP contribution in [0.25, 0.3) is 11.1 Å². The number of aldehydes is 1. The summed E-state index contributed by atoms with van der Waals surface area (Å²) < 4.78 is 6.02. The number of carbonyl (C=O) groups excluding carboxylic acids is 1. The van der Waals surface area contributed by atoms with Gasteiger partial charge in [0.2, 0.25) is 0 Å². The highest BCUT2D eigenvalue weighted by molar-refractivity contribution is 5.81. The van der Waals surface area contributed by atoms with Crippen molar-refractivity contribution in [3.63, 3.8) is 0 Å². The van der Waals surface area contributed by atoms with Crippen molar-refractivity contribution in [2.75, 3.05) is 0 Å². The Balaban J connectivity index is 1.89. The molecule has 0 heterocycles. The van der Waals surface area contributed by atoms with Crippen LogP contribution in [0.5, 0.6) is 0 Å². The molecule has 0 saturated heterocycles. The van der Waals surface area contributed by atoms with Gasteiger partial charge in [-0.1, -0.05) is 25.1 Å². The molecule has 3 rings (SSSR count). The van der Waals surface area contributed by atoms with E-state index in [9.17, 15) is 10.1 Å². The minimum absolute atomic E-state index is 0.436. The fraction of sp³-hybridized carbons (Fsp3) is 0.273. The fourth-order valence-corrected chi connectivity index (χ4v) is 2.94. The molecule has 3 nitrogen and oxygen atoms in total. The molecular formula is C22H21NO2. The monoisotopic (exact) mass is 331 g/mol. The number of allylic oxidation sites excluding steroid dienone is 2. The van der Waals surface area contributed by atoms with Crippen LogP contribution in [0.2, 0.25) is 0 Å². The predicted octanol–water partition coefficient (Wildman–Crippen LogP) is 5.26. The SMILES string of the molecule is CC/C=C(\OCc1cc(C=O)cc(-c2ccccc2C#N)c1)C1CC1. The second-order valence-corrected chi connectivity index (χ2v) is 6.32. The van der Waals surface area contributed by atoms with E-state index in [0.29, 0.717) is 23.7 Å². The van der Waals surface area contributed by atoms with Crippen LogP contribution in [-0.4, -0.2) is 6.29 Å². The lowest BCUT2D eigenvalue weighted by molar-refractivity contribution is 0.112. The van der Waals surface area contributed by atoms with Gasteiger partial charge in [0.15, 0.2) is 0 Å². The fourth-order valence-electron chi connectivity index (χ4n) is 2.94. The molecule has 0 unspecified atom stereocenters. The molecule has 0 amide bonds. The Morgan fingerprint density at radius 2 is 2.08 bits per heavy atom. The van der Waals surface area contributed by atoms with Crippen LogP contribution in [0.1, 0.15) is 47.7 Å². The summed E-state index contributed by atoms with van der Waals surface area (Å²) in [5.41, 5.74) is 3.84. The van der Waals surface area contributed by atoms with E-state index in [-0.39, 0.29) is 0 Å². The van der Waals surface area contributed by atoms with Crippen LogP contribution in [0.4, 0.5) is 0 Å². The number of hydrogen-bond donors (Lipinski definition) is 0. The van der Waals surface area contributed by atoms with Crippen LogP contribution in [0, 0.1) is 17.2 Å². The van der Waals surface area contributed by atoms with E-state index < -0.39 is 0 Å². The smallest absolute Gasteiger partial charge is 0.150 e. The molecule has 1 saturated carbocycles. The maximum atomic E-state index is 11.3. The van der Waals surface area contributed by atoms with Gasteiger partial charge in [0.25, 0.3) is 0 Å². The lowest BCUT2D eigenvalue weighted by atomic mass is 9.97. The highest BCUT2D eigenvalue weighted by Gasteiger charge is 2.27. The number of hydrogen-bond acceptors (Lipinski definition) is 3. The van der Waals surface area contributed by atoms with Crippen molar-refractivity contribution in [2.24, 2.45) is 5.92 Å². The topological polar surface area (TPSA) is 50.1 Å². The van der Waals surface area contributed by atoms with Crippen molar-refractivity contribution in [1.82, 2.24) is 0 Å². The van der Waals surface area contributed by atoms with Gasteiger partial charge < -0.3 is 4.74 Å². The molecule has 1 aliphatic rings. The third-order valence-corrected chi connectivity index (χ3v) is 4.30. The summed E-state index contributed by atoms with van der Waals surface area (Å²) >= 11 is 0. The first-order valence-electron chi connectivity index (χ1n) is 8.66. The first kappa shape index (κ1) is 17.0. The van der Waals surface area contributed by atoms with E-state index in [2.05, 4.69) is 19.1 Å². The van der Waals surface area contributed by atoms with Gasteiger partial charge in [-0.05, 0) is 66.3 Å². The van der Waals surface area contributed by atoms with Gasteiger partial charge >= 0.3 is 0 Å². The molecule has 1 fully saturated rings. The van der Waals surface area contributed by atoms with Crippen molar-refractivity contribution in [3.8, 4) is 17.2 Å². The summed E-state index contributed by atoms with van der Waals surface area (Å²) in [4.78, 5) is 11.3. The van der Waals surface area contributed by atoms with E-state index in [1.54, 1.807) is 6.07 Å². The Hall–Kier alpha value is -2.86. The van der Waals surface area contributed by atoms with Crippen LogP contribution in [0.15, 0.2) is 54.3 Å². The minimum Gasteiger partial charge on any atom is -0.493 e. The molecule has 0 N–H and O–H groups in total.